The minimum Gasteiger partial charge on any atom is -0.456 e. The van der Waals surface area contributed by atoms with E-state index in [0.29, 0.717) is 11.4 Å². The maximum Gasteiger partial charge on any atom is 0.255 e. The van der Waals surface area contributed by atoms with E-state index in [-0.39, 0.29) is 28.8 Å². The largest absolute Gasteiger partial charge is 0.456 e. The minimum absolute atomic E-state index is 0.0104. The molecule has 0 atom stereocenters. The molecule has 0 aromatic heterocycles. The summed E-state index contributed by atoms with van der Waals surface area (Å²) >= 11 is 0. The fraction of sp³-hybridized carbons (Fsp3) is 0.125. The zero-order chi connectivity index (χ0) is 17.3. The Morgan fingerprint density at radius 1 is 1.17 bits per heavy atom. The smallest absolute Gasteiger partial charge is 0.255 e. The van der Waals surface area contributed by atoms with Crippen LogP contribution in [0.2, 0.25) is 0 Å². The highest BCUT2D eigenvalue weighted by atomic mass is 32.2. The van der Waals surface area contributed by atoms with Gasteiger partial charge in [-0.1, -0.05) is 18.2 Å². The van der Waals surface area contributed by atoms with E-state index in [4.69, 9.17) is 10.5 Å². The van der Waals surface area contributed by atoms with E-state index in [2.05, 4.69) is 5.10 Å². The number of para-hydroxylation sites is 1. The van der Waals surface area contributed by atoms with Crippen LogP contribution in [0.25, 0.3) is 0 Å². The third-order valence-electron chi connectivity index (χ3n) is 3.34. The highest BCUT2D eigenvalue weighted by molar-refractivity contribution is 7.90. The van der Waals surface area contributed by atoms with Crippen LogP contribution in [-0.2, 0) is 14.6 Å². The Bertz CT molecular complexity index is 924. The summed E-state index contributed by atoms with van der Waals surface area (Å²) in [6, 6.07) is 13.2. The van der Waals surface area contributed by atoms with Gasteiger partial charge >= 0.3 is 0 Å². The molecule has 0 saturated carbocycles. The fourth-order valence-corrected chi connectivity index (χ4v) is 3.08. The molecule has 2 aromatic rings. The number of anilines is 1. The monoisotopic (exact) mass is 345 g/mol. The maximum absolute atomic E-state index is 12.1. The number of benzene rings is 2. The molecule has 1 aliphatic rings. The van der Waals surface area contributed by atoms with Crippen LogP contribution < -0.4 is 15.5 Å². The molecule has 0 aliphatic carbocycles. The summed E-state index contributed by atoms with van der Waals surface area (Å²) in [6.45, 7) is 0. The highest BCUT2D eigenvalue weighted by Gasteiger charge is 2.26. The quantitative estimate of drug-likeness (QED) is 0.911. The average molecular weight is 345 g/mol. The number of nitrogens with two attached hydrogens (primary N) is 1. The summed E-state index contributed by atoms with van der Waals surface area (Å²) in [5.74, 6) is 0.555. The van der Waals surface area contributed by atoms with E-state index in [1.54, 1.807) is 30.3 Å². The van der Waals surface area contributed by atoms with Crippen LogP contribution >= 0.6 is 0 Å². The first-order valence-corrected chi connectivity index (χ1v) is 8.96. The molecule has 8 heteroatoms. The number of rotatable bonds is 4. The van der Waals surface area contributed by atoms with E-state index in [1.165, 1.54) is 12.1 Å². The normalized spacial score (nSPS) is 14.6. The van der Waals surface area contributed by atoms with E-state index in [0.717, 1.165) is 11.3 Å². The number of amidine groups is 1. The second-order valence-corrected chi connectivity index (χ2v) is 7.28. The van der Waals surface area contributed by atoms with Gasteiger partial charge in [-0.05, 0) is 30.3 Å². The van der Waals surface area contributed by atoms with Crippen molar-refractivity contribution in [3.8, 4) is 11.5 Å². The highest BCUT2D eigenvalue weighted by Crippen LogP contribution is 2.33. The Morgan fingerprint density at radius 3 is 2.46 bits per heavy atom. The summed E-state index contributed by atoms with van der Waals surface area (Å²) in [5.41, 5.74) is 5.87. The molecule has 1 amide bonds. The van der Waals surface area contributed by atoms with E-state index in [1.807, 2.05) is 6.07 Å². The minimum atomic E-state index is -3.58. The molecule has 3 rings (SSSR count). The molecule has 1 heterocycles. The zero-order valence-corrected chi connectivity index (χ0v) is 13.7. The lowest BCUT2D eigenvalue weighted by atomic mass is 10.2. The molecule has 0 bridgehead atoms. The van der Waals surface area contributed by atoms with Gasteiger partial charge in [0.25, 0.3) is 5.91 Å². The molecule has 0 unspecified atom stereocenters. The molecule has 2 aromatic carbocycles. The van der Waals surface area contributed by atoms with Gasteiger partial charge in [0.2, 0.25) is 0 Å². The lowest BCUT2D eigenvalue weighted by Gasteiger charge is -2.15. The summed E-state index contributed by atoms with van der Waals surface area (Å²) in [4.78, 5) is 11.8. The molecular weight excluding hydrogens is 330 g/mol. The van der Waals surface area contributed by atoms with Gasteiger partial charge < -0.3 is 10.5 Å². The molecule has 0 fully saturated rings. The molecule has 2 N–H and O–H groups in total. The van der Waals surface area contributed by atoms with Crippen molar-refractivity contribution < 1.29 is 17.9 Å². The van der Waals surface area contributed by atoms with Crippen molar-refractivity contribution >= 4 is 27.3 Å². The third kappa shape index (κ3) is 3.23. The standard InChI is InChI=1S/C16H15N3O4S/c1-24(21,22)14-9-11(19-16(20)10-15(17)18-19)7-8-13(14)23-12-5-3-2-4-6-12/h2-9H,10H2,1H3,(H2,17,18). The van der Waals surface area contributed by atoms with Crippen LogP contribution in [0.3, 0.4) is 0 Å². The Balaban J connectivity index is 2.04. The van der Waals surface area contributed by atoms with Gasteiger partial charge in [0, 0.05) is 6.26 Å². The van der Waals surface area contributed by atoms with Crippen molar-refractivity contribution in [1.82, 2.24) is 0 Å². The predicted molar refractivity (Wildman–Crippen MR) is 89.8 cm³/mol. The van der Waals surface area contributed by atoms with Crippen LogP contribution in [0.5, 0.6) is 11.5 Å². The first kappa shape index (κ1) is 16.0. The summed E-state index contributed by atoms with van der Waals surface area (Å²) in [5, 5.41) is 5.01. The second kappa shape index (κ2) is 5.97. The topological polar surface area (TPSA) is 102 Å². The summed E-state index contributed by atoms with van der Waals surface area (Å²) in [7, 11) is -3.58. The molecule has 1 aliphatic heterocycles. The number of carbonyl (C=O) groups is 1. The van der Waals surface area contributed by atoms with Crippen LogP contribution in [-0.4, -0.2) is 26.4 Å². The van der Waals surface area contributed by atoms with Gasteiger partial charge in [-0.15, -0.1) is 0 Å². The van der Waals surface area contributed by atoms with Crippen molar-refractivity contribution in [3.63, 3.8) is 0 Å². The molecular formula is C16H15N3O4S. The van der Waals surface area contributed by atoms with Crippen LogP contribution in [0.1, 0.15) is 6.42 Å². The maximum atomic E-state index is 12.1. The molecule has 0 spiro atoms. The molecule has 124 valence electrons. The number of hydrogen-bond acceptors (Lipinski definition) is 6. The number of amides is 1. The first-order valence-electron chi connectivity index (χ1n) is 7.07. The number of hydrazone groups is 1. The predicted octanol–water partition coefficient (Wildman–Crippen LogP) is 1.89. The van der Waals surface area contributed by atoms with Crippen molar-refractivity contribution in [2.45, 2.75) is 11.3 Å². The number of nitrogens with zero attached hydrogens (tertiary/aromatic N) is 2. The van der Waals surface area contributed by atoms with Gasteiger partial charge in [-0.3, -0.25) is 4.79 Å². The molecule has 0 radical (unpaired) electrons. The van der Waals surface area contributed by atoms with E-state index < -0.39 is 9.84 Å². The fourth-order valence-electron chi connectivity index (χ4n) is 2.27. The zero-order valence-electron chi connectivity index (χ0n) is 12.8. The van der Waals surface area contributed by atoms with Crippen LogP contribution in [0.4, 0.5) is 5.69 Å². The lowest BCUT2D eigenvalue weighted by Crippen LogP contribution is -2.20. The van der Waals surface area contributed by atoms with Crippen LogP contribution in [0, 0.1) is 0 Å². The van der Waals surface area contributed by atoms with Gasteiger partial charge in [-0.25, -0.2) is 8.42 Å². The first-order chi connectivity index (χ1) is 11.3. The Kier molecular flexibility index (Phi) is 3.98. The average Bonchev–Trinajstić information content (AvgIpc) is 2.86. The summed E-state index contributed by atoms with van der Waals surface area (Å²) in [6.07, 6.45) is 1.09. The van der Waals surface area contributed by atoms with Gasteiger partial charge in [0.15, 0.2) is 9.84 Å². The number of hydrogen-bond donors (Lipinski definition) is 1. The molecule has 0 saturated heterocycles. The Hall–Kier alpha value is -2.87. The summed E-state index contributed by atoms with van der Waals surface area (Å²) < 4.78 is 29.9. The Labute approximate surface area is 139 Å². The SMILES string of the molecule is CS(=O)(=O)c1cc(N2N=C(N)CC2=O)ccc1Oc1ccccc1. The Morgan fingerprint density at radius 2 is 1.88 bits per heavy atom. The van der Waals surface area contributed by atoms with Crippen molar-refractivity contribution in [2.24, 2.45) is 10.8 Å². The number of carbonyl (C=O) groups excluding carboxylic acids is 1. The second-order valence-electron chi connectivity index (χ2n) is 5.29. The van der Waals surface area contributed by atoms with E-state index in [9.17, 15) is 13.2 Å². The van der Waals surface area contributed by atoms with Gasteiger partial charge in [0.1, 0.15) is 22.2 Å². The van der Waals surface area contributed by atoms with Gasteiger partial charge in [-0.2, -0.15) is 10.1 Å². The number of ether oxygens (including phenoxy) is 1. The lowest BCUT2D eigenvalue weighted by molar-refractivity contribution is -0.116. The number of sulfone groups is 1. The third-order valence-corrected chi connectivity index (χ3v) is 4.46. The van der Waals surface area contributed by atoms with Gasteiger partial charge in [0.05, 0.1) is 12.1 Å². The van der Waals surface area contributed by atoms with Crippen LogP contribution in [0.15, 0.2) is 58.5 Å². The molecule has 7 nitrogen and oxygen atoms in total. The van der Waals surface area contributed by atoms with E-state index >= 15 is 0 Å². The molecule has 24 heavy (non-hydrogen) atoms. The van der Waals surface area contributed by atoms with Crippen molar-refractivity contribution in [1.29, 1.82) is 0 Å². The van der Waals surface area contributed by atoms with Crippen molar-refractivity contribution in [2.75, 3.05) is 11.3 Å². The van der Waals surface area contributed by atoms with Crippen molar-refractivity contribution in [3.05, 3.63) is 48.5 Å².